The Morgan fingerprint density at radius 1 is 1.22 bits per heavy atom. The summed E-state index contributed by atoms with van der Waals surface area (Å²) in [5.74, 6) is -2.11. The summed E-state index contributed by atoms with van der Waals surface area (Å²) in [5.41, 5.74) is -1.90. The molecule has 0 N–H and O–H groups in total. The lowest BCUT2D eigenvalue weighted by Gasteiger charge is -2.23. The van der Waals surface area contributed by atoms with Gasteiger partial charge in [-0.05, 0) is 0 Å². The summed E-state index contributed by atoms with van der Waals surface area (Å²) in [7, 11) is 1.22. The summed E-state index contributed by atoms with van der Waals surface area (Å²) in [6.45, 7) is 1.14. The first-order valence-corrected chi connectivity index (χ1v) is 4.81. The molecule has 0 aromatic rings. The molecule has 0 aliphatic heterocycles. The Hall–Kier alpha value is -2.61. The van der Waals surface area contributed by atoms with Gasteiger partial charge in [0.1, 0.15) is 0 Å². The first-order valence-electron chi connectivity index (χ1n) is 4.81. The zero-order valence-corrected chi connectivity index (χ0v) is 9.88. The monoisotopic (exact) mass is 246 g/mol. The predicted octanol–water partition coefficient (Wildman–Crippen LogP) is 0.609. The fourth-order valence-corrected chi connectivity index (χ4v) is 1.23. The molecule has 0 rings (SSSR count). The zero-order valence-electron chi connectivity index (χ0n) is 9.88. The van der Waals surface area contributed by atoms with Crippen LogP contribution in [0.15, 0.2) is 0 Å². The normalized spacial score (nSPS) is 11.5. The molecule has 7 nitrogen and oxygen atoms in total. The van der Waals surface area contributed by atoms with Crippen molar-refractivity contribution in [2.75, 3.05) is 7.11 Å². The van der Waals surface area contributed by atoms with Gasteiger partial charge < -0.3 is 9.47 Å². The van der Waals surface area contributed by atoms with Crippen LogP contribution in [0.2, 0.25) is 0 Å². The minimum atomic E-state index is -1.90. The zero-order chi connectivity index (χ0) is 14.2. The SMILES string of the molecule is COC(CC(C#N)(C#N)C(C#N)C#N)OC(C)=O. The number of methoxy groups -OCH3 is 1. The molecule has 0 bridgehead atoms. The number of carbonyl (C=O) groups excluding carboxylic acids is 1. The Morgan fingerprint density at radius 3 is 2.00 bits per heavy atom. The highest BCUT2D eigenvalue weighted by Gasteiger charge is 2.43. The number of ether oxygens (including phenoxy) is 2. The van der Waals surface area contributed by atoms with Crippen LogP contribution in [0.3, 0.4) is 0 Å². The van der Waals surface area contributed by atoms with Gasteiger partial charge in [-0.2, -0.15) is 21.0 Å². The standard InChI is InChI=1S/C11H10N4O3/c1-8(16)18-10(17-2)3-11(6-14,7-15)9(4-12)5-13/h9-10H,3H2,1-2H3. The van der Waals surface area contributed by atoms with Gasteiger partial charge >= 0.3 is 5.97 Å². The minimum absolute atomic E-state index is 0.373. The van der Waals surface area contributed by atoms with Crippen LogP contribution < -0.4 is 0 Å². The quantitative estimate of drug-likeness (QED) is 0.512. The van der Waals surface area contributed by atoms with Crippen LogP contribution in [0.1, 0.15) is 13.3 Å². The molecule has 0 saturated heterocycles. The van der Waals surface area contributed by atoms with E-state index in [4.69, 9.17) is 30.5 Å². The lowest BCUT2D eigenvalue weighted by molar-refractivity contribution is -0.174. The molecule has 0 aliphatic rings. The highest BCUT2D eigenvalue weighted by atomic mass is 16.7. The van der Waals surface area contributed by atoms with Gasteiger partial charge in [0.05, 0.1) is 24.3 Å². The maximum absolute atomic E-state index is 10.8. The Morgan fingerprint density at radius 2 is 1.72 bits per heavy atom. The third-order valence-electron chi connectivity index (χ3n) is 2.20. The van der Waals surface area contributed by atoms with Gasteiger partial charge in [-0.3, -0.25) is 4.79 Å². The number of rotatable bonds is 5. The molecule has 1 unspecified atom stereocenters. The smallest absolute Gasteiger partial charge is 0.304 e. The molecule has 0 spiro atoms. The van der Waals surface area contributed by atoms with Crippen LogP contribution in [0, 0.1) is 56.7 Å². The maximum Gasteiger partial charge on any atom is 0.304 e. The average molecular weight is 246 g/mol. The Balaban J connectivity index is 5.24. The van der Waals surface area contributed by atoms with E-state index in [9.17, 15) is 4.79 Å². The van der Waals surface area contributed by atoms with E-state index in [-0.39, 0.29) is 6.42 Å². The molecule has 0 saturated carbocycles. The Bertz CT molecular complexity index is 446. The molecular weight excluding hydrogens is 236 g/mol. The van der Waals surface area contributed by atoms with Crippen molar-refractivity contribution < 1.29 is 14.3 Å². The molecule has 0 aromatic carbocycles. The predicted molar refractivity (Wildman–Crippen MR) is 55.6 cm³/mol. The van der Waals surface area contributed by atoms with E-state index in [1.54, 1.807) is 24.3 Å². The van der Waals surface area contributed by atoms with Gasteiger partial charge in [-0.25, -0.2) is 0 Å². The van der Waals surface area contributed by atoms with Crippen LogP contribution in [0.4, 0.5) is 0 Å². The number of esters is 1. The average Bonchev–Trinajstić information content (AvgIpc) is 2.37. The van der Waals surface area contributed by atoms with Crippen LogP contribution in [-0.4, -0.2) is 19.4 Å². The van der Waals surface area contributed by atoms with E-state index < -0.39 is 23.6 Å². The number of nitrogens with zero attached hydrogens (tertiary/aromatic N) is 4. The van der Waals surface area contributed by atoms with Gasteiger partial charge in [-0.1, -0.05) is 0 Å². The van der Waals surface area contributed by atoms with Crippen molar-refractivity contribution in [3.8, 4) is 24.3 Å². The molecule has 0 radical (unpaired) electrons. The van der Waals surface area contributed by atoms with Crippen molar-refractivity contribution in [2.45, 2.75) is 19.6 Å². The number of nitriles is 4. The second-order valence-electron chi connectivity index (χ2n) is 3.36. The molecule has 0 fully saturated rings. The van der Waals surface area contributed by atoms with Crippen LogP contribution >= 0.6 is 0 Å². The lowest BCUT2D eigenvalue weighted by atomic mass is 9.76. The van der Waals surface area contributed by atoms with E-state index in [0.717, 1.165) is 6.92 Å². The van der Waals surface area contributed by atoms with Gasteiger partial charge in [0, 0.05) is 20.5 Å². The van der Waals surface area contributed by atoms with E-state index in [1.165, 1.54) is 7.11 Å². The highest BCUT2D eigenvalue weighted by Crippen LogP contribution is 2.32. The van der Waals surface area contributed by atoms with Crippen LogP contribution in [-0.2, 0) is 14.3 Å². The molecule has 0 amide bonds. The van der Waals surface area contributed by atoms with Gasteiger partial charge in [-0.15, -0.1) is 0 Å². The summed E-state index contributed by atoms with van der Waals surface area (Å²) < 4.78 is 9.51. The largest absolute Gasteiger partial charge is 0.436 e. The second kappa shape index (κ2) is 6.86. The van der Waals surface area contributed by atoms with E-state index in [1.807, 2.05) is 0 Å². The van der Waals surface area contributed by atoms with Crippen molar-refractivity contribution in [2.24, 2.45) is 11.3 Å². The van der Waals surface area contributed by atoms with Crippen LogP contribution in [0.25, 0.3) is 0 Å². The fourth-order valence-electron chi connectivity index (χ4n) is 1.23. The van der Waals surface area contributed by atoms with Crippen molar-refractivity contribution in [1.82, 2.24) is 0 Å². The van der Waals surface area contributed by atoms with Gasteiger partial charge in [0.2, 0.25) is 6.29 Å². The van der Waals surface area contributed by atoms with Crippen molar-refractivity contribution in [3.63, 3.8) is 0 Å². The highest BCUT2D eigenvalue weighted by molar-refractivity contribution is 5.66. The Labute approximate surface area is 104 Å². The van der Waals surface area contributed by atoms with Gasteiger partial charge in [0.15, 0.2) is 11.3 Å². The van der Waals surface area contributed by atoms with Gasteiger partial charge in [0.25, 0.3) is 0 Å². The summed E-state index contributed by atoms with van der Waals surface area (Å²) in [6.07, 6.45) is -1.53. The molecule has 92 valence electrons. The third kappa shape index (κ3) is 3.46. The van der Waals surface area contributed by atoms with Crippen LogP contribution in [0.5, 0.6) is 0 Å². The first kappa shape index (κ1) is 15.4. The third-order valence-corrected chi connectivity index (χ3v) is 2.20. The number of hydrogen-bond donors (Lipinski definition) is 0. The fraction of sp³-hybridized carbons (Fsp3) is 0.545. The summed E-state index contributed by atoms with van der Waals surface area (Å²) >= 11 is 0. The molecule has 0 aromatic heterocycles. The molecule has 0 heterocycles. The number of hydrogen-bond acceptors (Lipinski definition) is 7. The summed E-state index contributed by atoms with van der Waals surface area (Å²) in [5, 5.41) is 35.6. The Kier molecular flexibility index (Phi) is 5.87. The minimum Gasteiger partial charge on any atom is -0.436 e. The summed E-state index contributed by atoms with van der Waals surface area (Å²) in [6, 6.07) is 6.41. The molecular formula is C11H10N4O3. The molecule has 1 atom stereocenters. The topological polar surface area (TPSA) is 131 Å². The maximum atomic E-state index is 10.8. The van der Waals surface area contributed by atoms with E-state index in [2.05, 4.69) is 0 Å². The van der Waals surface area contributed by atoms with Crippen molar-refractivity contribution in [1.29, 1.82) is 21.0 Å². The van der Waals surface area contributed by atoms with E-state index in [0.29, 0.717) is 0 Å². The summed E-state index contributed by atoms with van der Waals surface area (Å²) in [4.78, 5) is 10.8. The lowest BCUT2D eigenvalue weighted by Crippen LogP contribution is -2.33. The van der Waals surface area contributed by atoms with Crippen molar-refractivity contribution >= 4 is 5.97 Å². The van der Waals surface area contributed by atoms with Crippen molar-refractivity contribution in [3.05, 3.63) is 0 Å². The number of carbonyl (C=O) groups is 1. The molecule has 18 heavy (non-hydrogen) atoms. The molecule has 0 aliphatic carbocycles. The molecule has 7 heteroatoms. The first-order chi connectivity index (χ1) is 8.49. The second-order valence-corrected chi connectivity index (χ2v) is 3.36. The van der Waals surface area contributed by atoms with E-state index >= 15 is 0 Å².